The van der Waals surface area contributed by atoms with Crippen molar-refractivity contribution in [2.45, 2.75) is 38.3 Å². The summed E-state index contributed by atoms with van der Waals surface area (Å²) in [5, 5.41) is 3.30. The molecule has 0 heterocycles. The molecule has 0 aromatic heterocycles. The van der Waals surface area contributed by atoms with Crippen LogP contribution in [0.4, 0.5) is 0 Å². The molecule has 3 nitrogen and oxygen atoms in total. The van der Waals surface area contributed by atoms with Gasteiger partial charge in [0.05, 0.1) is 6.54 Å². The summed E-state index contributed by atoms with van der Waals surface area (Å²) in [6, 6.07) is 10.8. The zero-order chi connectivity index (χ0) is 13.1. The third-order valence-electron chi connectivity index (χ3n) is 3.91. The van der Waals surface area contributed by atoms with Crippen LogP contribution in [-0.2, 0) is 11.3 Å². The van der Waals surface area contributed by atoms with Crippen LogP contribution in [0.3, 0.4) is 0 Å². The van der Waals surface area contributed by atoms with E-state index < -0.39 is 0 Å². The number of nitrogens with zero attached hydrogens (tertiary/aromatic N) is 1. The van der Waals surface area contributed by atoms with Gasteiger partial charge in [-0.15, -0.1) is 0 Å². The summed E-state index contributed by atoms with van der Waals surface area (Å²) in [7, 11) is 0. The maximum absolute atomic E-state index is 12.3. The first-order valence-corrected chi connectivity index (χ1v) is 7.37. The molecule has 2 fully saturated rings. The number of hydrogen-bond acceptors (Lipinski definition) is 2. The van der Waals surface area contributed by atoms with Crippen molar-refractivity contribution >= 4 is 5.91 Å². The molecule has 0 radical (unpaired) electrons. The van der Waals surface area contributed by atoms with Gasteiger partial charge in [0, 0.05) is 12.6 Å². The second-order valence-corrected chi connectivity index (χ2v) is 5.81. The lowest BCUT2D eigenvalue weighted by atomic mass is 10.2. The lowest BCUT2D eigenvalue weighted by Crippen LogP contribution is -2.39. The lowest BCUT2D eigenvalue weighted by molar-refractivity contribution is -0.131. The molecule has 2 saturated carbocycles. The second kappa shape index (κ2) is 5.74. The zero-order valence-corrected chi connectivity index (χ0v) is 11.3. The molecule has 2 aliphatic rings. The fraction of sp³-hybridized carbons (Fsp3) is 0.562. The summed E-state index contributed by atoms with van der Waals surface area (Å²) in [5.74, 6) is 1.09. The molecule has 1 aromatic rings. The summed E-state index contributed by atoms with van der Waals surface area (Å²) in [4.78, 5) is 14.3. The highest BCUT2D eigenvalue weighted by Crippen LogP contribution is 2.29. The molecule has 1 aromatic carbocycles. The second-order valence-electron chi connectivity index (χ2n) is 5.81. The Bertz CT molecular complexity index is 424. The fourth-order valence-electron chi connectivity index (χ4n) is 2.39. The maximum atomic E-state index is 12.3. The van der Waals surface area contributed by atoms with Crippen molar-refractivity contribution in [1.82, 2.24) is 10.2 Å². The Morgan fingerprint density at radius 3 is 2.53 bits per heavy atom. The number of hydrogen-bond donors (Lipinski definition) is 1. The van der Waals surface area contributed by atoms with Crippen molar-refractivity contribution in [2.24, 2.45) is 5.92 Å². The molecule has 0 atom stereocenters. The Hall–Kier alpha value is -1.35. The van der Waals surface area contributed by atoms with Crippen molar-refractivity contribution in [3.8, 4) is 0 Å². The van der Waals surface area contributed by atoms with Gasteiger partial charge >= 0.3 is 0 Å². The topological polar surface area (TPSA) is 32.3 Å². The average molecular weight is 258 g/mol. The van der Waals surface area contributed by atoms with Gasteiger partial charge in [-0.1, -0.05) is 30.3 Å². The molecule has 0 saturated heterocycles. The highest BCUT2D eigenvalue weighted by molar-refractivity contribution is 5.79. The number of benzene rings is 1. The van der Waals surface area contributed by atoms with Crippen LogP contribution in [0.15, 0.2) is 30.3 Å². The zero-order valence-electron chi connectivity index (χ0n) is 11.3. The Morgan fingerprint density at radius 2 is 1.89 bits per heavy atom. The van der Waals surface area contributed by atoms with E-state index in [1.807, 2.05) is 18.2 Å². The lowest BCUT2D eigenvalue weighted by Gasteiger charge is -2.23. The first-order chi connectivity index (χ1) is 9.33. The number of amides is 1. The first kappa shape index (κ1) is 12.7. The van der Waals surface area contributed by atoms with Crippen LogP contribution in [0.2, 0.25) is 0 Å². The minimum atomic E-state index is 0.256. The van der Waals surface area contributed by atoms with Gasteiger partial charge in [-0.2, -0.15) is 0 Å². The van der Waals surface area contributed by atoms with Crippen molar-refractivity contribution in [3.63, 3.8) is 0 Å². The van der Waals surface area contributed by atoms with Gasteiger partial charge in [0.1, 0.15) is 0 Å². The Labute approximate surface area is 115 Å². The maximum Gasteiger partial charge on any atom is 0.237 e. The van der Waals surface area contributed by atoms with E-state index in [1.54, 1.807) is 0 Å². The van der Waals surface area contributed by atoms with Crippen LogP contribution in [-0.4, -0.2) is 29.9 Å². The van der Waals surface area contributed by atoms with E-state index in [0.29, 0.717) is 12.6 Å². The Morgan fingerprint density at radius 1 is 1.16 bits per heavy atom. The van der Waals surface area contributed by atoms with Gasteiger partial charge in [0.2, 0.25) is 5.91 Å². The van der Waals surface area contributed by atoms with Gasteiger partial charge in [0.15, 0.2) is 0 Å². The average Bonchev–Trinajstić information content (AvgIpc) is 3.29. The Kier molecular flexibility index (Phi) is 3.83. The monoisotopic (exact) mass is 258 g/mol. The number of carbonyl (C=O) groups is 1. The summed E-state index contributed by atoms with van der Waals surface area (Å²) in [6.07, 6.45) is 5.00. The summed E-state index contributed by atoms with van der Waals surface area (Å²) in [6.45, 7) is 2.27. The SMILES string of the molecule is O=C(CNCC1CC1)N(Cc1ccccc1)C1CC1. The van der Waals surface area contributed by atoms with E-state index in [9.17, 15) is 4.79 Å². The van der Waals surface area contributed by atoms with Gasteiger partial charge in [-0.3, -0.25) is 4.79 Å². The van der Waals surface area contributed by atoms with Crippen molar-refractivity contribution < 1.29 is 4.79 Å². The highest BCUT2D eigenvalue weighted by atomic mass is 16.2. The van der Waals surface area contributed by atoms with Crippen molar-refractivity contribution in [3.05, 3.63) is 35.9 Å². The van der Waals surface area contributed by atoms with Crippen LogP contribution >= 0.6 is 0 Å². The smallest absolute Gasteiger partial charge is 0.237 e. The number of carbonyl (C=O) groups excluding carboxylic acids is 1. The van der Waals surface area contributed by atoms with E-state index in [2.05, 4.69) is 22.3 Å². The van der Waals surface area contributed by atoms with Crippen LogP contribution < -0.4 is 5.32 Å². The molecule has 0 bridgehead atoms. The third-order valence-corrected chi connectivity index (χ3v) is 3.91. The van der Waals surface area contributed by atoms with Crippen LogP contribution in [0, 0.1) is 5.92 Å². The third kappa shape index (κ3) is 3.80. The molecular formula is C16H22N2O. The number of rotatable bonds is 7. The van der Waals surface area contributed by atoms with Gasteiger partial charge < -0.3 is 10.2 Å². The molecule has 0 aliphatic heterocycles. The van der Waals surface area contributed by atoms with E-state index in [-0.39, 0.29) is 5.91 Å². The largest absolute Gasteiger partial charge is 0.334 e. The minimum Gasteiger partial charge on any atom is -0.334 e. The fourth-order valence-corrected chi connectivity index (χ4v) is 2.39. The van der Waals surface area contributed by atoms with Crippen LogP contribution in [0.25, 0.3) is 0 Å². The van der Waals surface area contributed by atoms with E-state index >= 15 is 0 Å². The van der Waals surface area contributed by atoms with E-state index in [1.165, 1.54) is 31.2 Å². The van der Waals surface area contributed by atoms with Crippen molar-refractivity contribution in [1.29, 1.82) is 0 Å². The summed E-state index contributed by atoms with van der Waals surface area (Å²) in [5.41, 5.74) is 1.23. The molecule has 0 unspecified atom stereocenters. The summed E-state index contributed by atoms with van der Waals surface area (Å²) >= 11 is 0. The number of nitrogens with one attached hydrogen (secondary N) is 1. The van der Waals surface area contributed by atoms with E-state index in [0.717, 1.165) is 19.0 Å². The van der Waals surface area contributed by atoms with Gasteiger partial charge in [0.25, 0.3) is 0 Å². The molecule has 19 heavy (non-hydrogen) atoms. The highest BCUT2D eigenvalue weighted by Gasteiger charge is 2.32. The summed E-state index contributed by atoms with van der Waals surface area (Å²) < 4.78 is 0. The molecule has 1 amide bonds. The van der Waals surface area contributed by atoms with Crippen molar-refractivity contribution in [2.75, 3.05) is 13.1 Å². The molecule has 3 heteroatoms. The molecule has 0 spiro atoms. The normalized spacial score (nSPS) is 18.3. The molecule has 3 rings (SSSR count). The predicted octanol–water partition coefficient (Wildman–Crippen LogP) is 2.18. The predicted molar refractivity (Wildman–Crippen MR) is 75.6 cm³/mol. The molecular weight excluding hydrogens is 236 g/mol. The van der Waals surface area contributed by atoms with E-state index in [4.69, 9.17) is 0 Å². The van der Waals surface area contributed by atoms with Gasteiger partial charge in [-0.25, -0.2) is 0 Å². The molecule has 102 valence electrons. The Balaban J connectivity index is 1.52. The van der Waals surface area contributed by atoms with Crippen LogP contribution in [0.1, 0.15) is 31.2 Å². The quantitative estimate of drug-likeness (QED) is 0.813. The molecule has 2 aliphatic carbocycles. The van der Waals surface area contributed by atoms with Crippen LogP contribution in [0.5, 0.6) is 0 Å². The first-order valence-electron chi connectivity index (χ1n) is 7.37. The minimum absolute atomic E-state index is 0.256. The van der Waals surface area contributed by atoms with Gasteiger partial charge in [-0.05, 0) is 43.7 Å². The molecule has 1 N–H and O–H groups in total. The standard InChI is InChI=1S/C16H22N2O/c19-16(11-17-10-13-6-7-13)18(15-8-9-15)12-14-4-2-1-3-5-14/h1-5,13,15,17H,6-12H2.